The number of aryl methyl sites for hydroxylation is 2. The number of rotatable bonds is 3. The number of hydrogen-bond acceptors (Lipinski definition) is 4. The first kappa shape index (κ1) is 13.0. The lowest BCUT2D eigenvalue weighted by molar-refractivity contribution is -0.115. The van der Waals surface area contributed by atoms with Crippen molar-refractivity contribution in [3.8, 4) is 0 Å². The van der Waals surface area contributed by atoms with Crippen molar-refractivity contribution in [3.05, 3.63) is 39.7 Å². The second-order valence-electron chi connectivity index (χ2n) is 4.87. The highest BCUT2D eigenvalue weighted by Gasteiger charge is 2.19. The van der Waals surface area contributed by atoms with Crippen LogP contribution in [0.1, 0.15) is 22.6 Å². The lowest BCUT2D eigenvalue weighted by Gasteiger charge is -2.10. The van der Waals surface area contributed by atoms with Crippen LogP contribution in [0.15, 0.2) is 16.7 Å². The molecule has 0 radical (unpaired) electrons. The van der Waals surface area contributed by atoms with Gasteiger partial charge in [0.2, 0.25) is 5.91 Å². The molecule has 0 saturated carbocycles. The monoisotopic (exact) mass is 291 g/mol. The topological polar surface area (TPSA) is 67.2 Å². The maximum absolute atomic E-state index is 11.4. The van der Waals surface area contributed by atoms with Crippen LogP contribution in [-0.2, 0) is 17.8 Å². The SMILES string of the molecule is Cc1noc(C)c1CNc1cc2c(cc1Cl)NC(=O)C2. The molecule has 5 nitrogen and oxygen atoms in total. The Morgan fingerprint density at radius 3 is 2.95 bits per heavy atom. The smallest absolute Gasteiger partial charge is 0.228 e. The Balaban J connectivity index is 1.82. The van der Waals surface area contributed by atoms with Gasteiger partial charge in [0.25, 0.3) is 0 Å². The lowest BCUT2D eigenvalue weighted by atomic mass is 10.1. The van der Waals surface area contributed by atoms with E-state index in [1.807, 2.05) is 19.9 Å². The first-order valence-corrected chi connectivity index (χ1v) is 6.70. The fraction of sp³-hybridized carbons (Fsp3) is 0.286. The maximum Gasteiger partial charge on any atom is 0.228 e. The highest BCUT2D eigenvalue weighted by molar-refractivity contribution is 6.33. The van der Waals surface area contributed by atoms with Crippen LogP contribution in [0.5, 0.6) is 0 Å². The molecule has 3 rings (SSSR count). The molecule has 0 fully saturated rings. The quantitative estimate of drug-likeness (QED) is 0.912. The Hall–Kier alpha value is -2.01. The number of halogens is 1. The summed E-state index contributed by atoms with van der Waals surface area (Å²) in [5.41, 5.74) is 4.45. The number of hydrogen-bond donors (Lipinski definition) is 2. The van der Waals surface area contributed by atoms with Crippen LogP contribution < -0.4 is 10.6 Å². The summed E-state index contributed by atoms with van der Waals surface area (Å²) < 4.78 is 5.12. The van der Waals surface area contributed by atoms with Gasteiger partial charge in [-0.3, -0.25) is 4.79 Å². The molecule has 0 spiro atoms. The van der Waals surface area contributed by atoms with Crippen molar-refractivity contribution in [2.45, 2.75) is 26.8 Å². The Labute approximate surface area is 121 Å². The van der Waals surface area contributed by atoms with E-state index in [4.69, 9.17) is 16.1 Å². The van der Waals surface area contributed by atoms with E-state index < -0.39 is 0 Å². The molecule has 20 heavy (non-hydrogen) atoms. The van der Waals surface area contributed by atoms with Crippen LogP contribution in [0.4, 0.5) is 11.4 Å². The van der Waals surface area contributed by atoms with Gasteiger partial charge in [-0.25, -0.2) is 0 Å². The average Bonchev–Trinajstić information content (AvgIpc) is 2.89. The molecular weight excluding hydrogens is 278 g/mol. The zero-order valence-electron chi connectivity index (χ0n) is 11.2. The van der Waals surface area contributed by atoms with E-state index in [0.29, 0.717) is 18.0 Å². The van der Waals surface area contributed by atoms with Crippen LogP contribution in [0, 0.1) is 13.8 Å². The molecule has 104 valence electrons. The van der Waals surface area contributed by atoms with Crippen LogP contribution in [-0.4, -0.2) is 11.1 Å². The molecule has 0 aliphatic carbocycles. The van der Waals surface area contributed by atoms with Crippen molar-refractivity contribution in [2.75, 3.05) is 10.6 Å². The molecule has 0 saturated heterocycles. The van der Waals surface area contributed by atoms with Gasteiger partial charge in [0.05, 0.1) is 22.8 Å². The van der Waals surface area contributed by atoms with Crippen molar-refractivity contribution in [1.82, 2.24) is 5.16 Å². The van der Waals surface area contributed by atoms with Gasteiger partial charge in [-0.2, -0.15) is 0 Å². The van der Waals surface area contributed by atoms with Crippen LogP contribution in [0.3, 0.4) is 0 Å². The minimum Gasteiger partial charge on any atom is -0.380 e. The Kier molecular flexibility index (Phi) is 3.14. The predicted molar refractivity (Wildman–Crippen MR) is 77.1 cm³/mol. The van der Waals surface area contributed by atoms with E-state index in [2.05, 4.69) is 15.8 Å². The minimum absolute atomic E-state index is 0.000981. The molecule has 0 bridgehead atoms. The molecule has 0 unspecified atom stereocenters. The van der Waals surface area contributed by atoms with Crippen LogP contribution >= 0.6 is 11.6 Å². The summed E-state index contributed by atoms with van der Waals surface area (Å²) in [5, 5.41) is 10.5. The fourth-order valence-electron chi connectivity index (χ4n) is 2.32. The highest BCUT2D eigenvalue weighted by atomic mass is 35.5. The van der Waals surface area contributed by atoms with Gasteiger partial charge < -0.3 is 15.2 Å². The van der Waals surface area contributed by atoms with E-state index >= 15 is 0 Å². The van der Waals surface area contributed by atoms with E-state index in [1.165, 1.54) is 0 Å². The third-order valence-corrected chi connectivity index (χ3v) is 3.77. The number of carbonyl (C=O) groups is 1. The van der Waals surface area contributed by atoms with Gasteiger partial charge in [0.15, 0.2) is 0 Å². The number of fused-ring (bicyclic) bond motifs is 1. The number of nitrogens with zero attached hydrogens (tertiary/aromatic N) is 1. The standard InChI is InChI=1S/C14H14ClN3O2/c1-7-10(8(2)20-18-7)6-16-13-3-9-4-14(19)17-12(9)5-11(13)15/h3,5,16H,4,6H2,1-2H3,(H,17,19). The van der Waals surface area contributed by atoms with Crippen molar-refractivity contribution in [1.29, 1.82) is 0 Å². The predicted octanol–water partition coefficient (Wildman–Crippen LogP) is 3.05. The van der Waals surface area contributed by atoms with Crippen molar-refractivity contribution >= 4 is 28.9 Å². The summed E-state index contributed by atoms with van der Waals surface area (Å²) in [6, 6.07) is 3.69. The maximum atomic E-state index is 11.4. The highest BCUT2D eigenvalue weighted by Crippen LogP contribution is 2.33. The first-order valence-electron chi connectivity index (χ1n) is 6.32. The molecule has 6 heteroatoms. The normalized spacial score (nSPS) is 13.2. The van der Waals surface area contributed by atoms with Crippen molar-refractivity contribution in [2.24, 2.45) is 0 Å². The zero-order valence-corrected chi connectivity index (χ0v) is 12.0. The second kappa shape index (κ2) is 4.83. The van der Waals surface area contributed by atoms with Crippen molar-refractivity contribution < 1.29 is 9.32 Å². The number of nitrogens with one attached hydrogen (secondary N) is 2. The molecule has 2 heterocycles. The summed E-state index contributed by atoms with van der Waals surface area (Å²) in [7, 11) is 0. The third-order valence-electron chi connectivity index (χ3n) is 3.45. The van der Waals surface area contributed by atoms with E-state index in [-0.39, 0.29) is 5.91 Å². The average molecular weight is 292 g/mol. The van der Waals surface area contributed by atoms with Gasteiger partial charge in [0.1, 0.15) is 5.76 Å². The summed E-state index contributed by atoms with van der Waals surface area (Å²) >= 11 is 6.22. The first-order chi connectivity index (χ1) is 9.54. The molecule has 1 aliphatic rings. The molecular formula is C14H14ClN3O2. The zero-order chi connectivity index (χ0) is 14.3. The molecule has 1 aromatic heterocycles. The van der Waals surface area contributed by atoms with Crippen LogP contribution in [0.2, 0.25) is 5.02 Å². The van der Waals surface area contributed by atoms with Gasteiger partial charge >= 0.3 is 0 Å². The molecule has 0 atom stereocenters. The third kappa shape index (κ3) is 2.25. The molecule has 1 aromatic carbocycles. The Bertz CT molecular complexity index is 674. The summed E-state index contributed by atoms with van der Waals surface area (Å²) in [6.07, 6.45) is 0.395. The number of carbonyl (C=O) groups excluding carboxylic acids is 1. The van der Waals surface area contributed by atoms with Gasteiger partial charge in [0, 0.05) is 17.8 Å². The minimum atomic E-state index is -0.000981. The summed E-state index contributed by atoms with van der Waals surface area (Å²) in [6.45, 7) is 4.37. The molecule has 2 N–H and O–H groups in total. The van der Waals surface area contributed by atoms with Gasteiger partial charge in [-0.1, -0.05) is 16.8 Å². The van der Waals surface area contributed by atoms with E-state index in [1.54, 1.807) is 6.07 Å². The second-order valence-corrected chi connectivity index (χ2v) is 5.28. The number of anilines is 2. The number of aromatic nitrogens is 1. The molecule has 2 aromatic rings. The number of amides is 1. The van der Waals surface area contributed by atoms with Crippen molar-refractivity contribution in [3.63, 3.8) is 0 Å². The fourth-order valence-corrected chi connectivity index (χ4v) is 2.55. The Morgan fingerprint density at radius 2 is 2.25 bits per heavy atom. The summed E-state index contributed by atoms with van der Waals surface area (Å²) in [5.74, 6) is 0.795. The largest absolute Gasteiger partial charge is 0.380 e. The van der Waals surface area contributed by atoms with Gasteiger partial charge in [-0.15, -0.1) is 0 Å². The van der Waals surface area contributed by atoms with E-state index in [9.17, 15) is 4.79 Å². The van der Waals surface area contributed by atoms with E-state index in [0.717, 1.165) is 34.0 Å². The molecule has 1 amide bonds. The molecule has 1 aliphatic heterocycles. The van der Waals surface area contributed by atoms with Gasteiger partial charge in [-0.05, 0) is 31.5 Å². The Morgan fingerprint density at radius 1 is 1.45 bits per heavy atom. The summed E-state index contributed by atoms with van der Waals surface area (Å²) in [4.78, 5) is 11.4. The lowest BCUT2D eigenvalue weighted by Crippen LogP contribution is -2.03. The van der Waals surface area contributed by atoms with Crippen LogP contribution in [0.25, 0.3) is 0 Å². The number of benzene rings is 1.